The zero-order chi connectivity index (χ0) is 20.6. The second-order valence-corrected chi connectivity index (χ2v) is 7.93. The Morgan fingerprint density at radius 2 is 1.86 bits per heavy atom. The second-order valence-electron chi connectivity index (χ2n) is 7.14. The molecule has 2 aromatic rings. The lowest BCUT2D eigenvalue weighted by atomic mass is 10.1. The molecule has 0 bridgehead atoms. The maximum absolute atomic E-state index is 12.1. The summed E-state index contributed by atoms with van der Waals surface area (Å²) in [6.07, 6.45) is 1.46. The standard InChI is InChI=1S/C20H27BrN4O3/c1-5-27-19-24-16(23-18(25-19)22-12-6-11-21)13-14-7-9-15(10-8-14)17(26)28-20(2,3)4/h7-10H,5-6,11-13H2,1-4H3,(H,22,23,24,25). The molecule has 0 atom stereocenters. The zero-order valence-electron chi connectivity index (χ0n) is 16.8. The minimum atomic E-state index is -0.519. The molecule has 0 aliphatic carbocycles. The highest BCUT2D eigenvalue weighted by atomic mass is 79.9. The number of hydrogen-bond acceptors (Lipinski definition) is 7. The van der Waals surface area contributed by atoms with Crippen LogP contribution >= 0.6 is 15.9 Å². The molecule has 0 amide bonds. The van der Waals surface area contributed by atoms with Gasteiger partial charge in [-0.2, -0.15) is 15.0 Å². The number of hydrogen-bond donors (Lipinski definition) is 1. The van der Waals surface area contributed by atoms with Crippen LogP contribution in [0.5, 0.6) is 6.01 Å². The van der Waals surface area contributed by atoms with E-state index >= 15 is 0 Å². The number of ether oxygens (including phenoxy) is 2. The SMILES string of the molecule is CCOc1nc(Cc2ccc(C(=O)OC(C)(C)C)cc2)nc(NCCCBr)n1. The normalized spacial score (nSPS) is 11.2. The molecule has 1 N–H and O–H groups in total. The predicted molar refractivity (Wildman–Crippen MR) is 112 cm³/mol. The average Bonchev–Trinajstić information content (AvgIpc) is 2.61. The summed E-state index contributed by atoms with van der Waals surface area (Å²) in [5.41, 5.74) is 0.975. The smallest absolute Gasteiger partial charge is 0.338 e. The van der Waals surface area contributed by atoms with E-state index in [-0.39, 0.29) is 5.97 Å². The molecule has 0 saturated carbocycles. The van der Waals surface area contributed by atoms with Crippen LogP contribution in [0.4, 0.5) is 5.95 Å². The van der Waals surface area contributed by atoms with Crippen LogP contribution in [0.2, 0.25) is 0 Å². The highest BCUT2D eigenvalue weighted by Gasteiger charge is 2.17. The Balaban J connectivity index is 2.11. The summed E-state index contributed by atoms with van der Waals surface area (Å²) < 4.78 is 10.8. The number of nitrogens with zero attached hydrogens (tertiary/aromatic N) is 3. The van der Waals surface area contributed by atoms with Crippen LogP contribution < -0.4 is 10.1 Å². The summed E-state index contributed by atoms with van der Waals surface area (Å²) in [4.78, 5) is 25.2. The zero-order valence-corrected chi connectivity index (χ0v) is 18.4. The van der Waals surface area contributed by atoms with Gasteiger partial charge in [-0.05, 0) is 51.8 Å². The number of anilines is 1. The number of benzene rings is 1. The quantitative estimate of drug-likeness (QED) is 0.350. The first kappa shape index (κ1) is 22.1. The number of nitrogens with one attached hydrogen (secondary N) is 1. The number of carbonyl (C=O) groups is 1. The van der Waals surface area contributed by atoms with E-state index in [0.29, 0.717) is 36.4 Å². The summed E-state index contributed by atoms with van der Waals surface area (Å²) in [7, 11) is 0. The second kappa shape index (κ2) is 10.4. The van der Waals surface area contributed by atoms with E-state index in [0.717, 1.165) is 23.9 Å². The summed E-state index contributed by atoms with van der Waals surface area (Å²) in [5, 5.41) is 4.09. The van der Waals surface area contributed by atoms with E-state index in [1.165, 1.54) is 0 Å². The molecule has 0 aliphatic rings. The molecule has 0 aliphatic heterocycles. The van der Waals surface area contributed by atoms with Gasteiger partial charge in [-0.15, -0.1) is 0 Å². The maximum Gasteiger partial charge on any atom is 0.338 e. The largest absolute Gasteiger partial charge is 0.464 e. The van der Waals surface area contributed by atoms with Gasteiger partial charge in [0.15, 0.2) is 0 Å². The Morgan fingerprint density at radius 3 is 2.46 bits per heavy atom. The summed E-state index contributed by atoms with van der Waals surface area (Å²) in [6, 6.07) is 7.56. The van der Waals surface area contributed by atoms with Gasteiger partial charge in [-0.25, -0.2) is 4.79 Å². The summed E-state index contributed by atoms with van der Waals surface area (Å²) in [6.45, 7) is 8.66. The fourth-order valence-electron chi connectivity index (χ4n) is 2.30. The molecule has 0 fully saturated rings. The first-order chi connectivity index (χ1) is 13.3. The number of esters is 1. The monoisotopic (exact) mass is 450 g/mol. The topological polar surface area (TPSA) is 86.2 Å². The fraction of sp³-hybridized carbons (Fsp3) is 0.500. The minimum Gasteiger partial charge on any atom is -0.464 e. The molecular formula is C20H27BrN4O3. The van der Waals surface area contributed by atoms with Crippen molar-refractivity contribution < 1.29 is 14.3 Å². The summed E-state index contributed by atoms with van der Waals surface area (Å²) >= 11 is 3.40. The third kappa shape index (κ3) is 7.42. The Hall–Kier alpha value is -2.22. The molecule has 0 spiro atoms. The van der Waals surface area contributed by atoms with Crippen LogP contribution in [-0.4, -0.2) is 45.0 Å². The van der Waals surface area contributed by atoms with Crippen molar-refractivity contribution in [3.63, 3.8) is 0 Å². The summed E-state index contributed by atoms with van der Waals surface area (Å²) in [5.74, 6) is 0.765. The maximum atomic E-state index is 12.1. The van der Waals surface area contributed by atoms with E-state index in [2.05, 4.69) is 36.2 Å². The molecule has 1 heterocycles. The van der Waals surface area contributed by atoms with Crippen LogP contribution in [0.1, 0.15) is 55.9 Å². The van der Waals surface area contributed by atoms with Gasteiger partial charge < -0.3 is 14.8 Å². The van der Waals surface area contributed by atoms with E-state index in [1.807, 2.05) is 39.8 Å². The highest BCUT2D eigenvalue weighted by molar-refractivity contribution is 9.09. The van der Waals surface area contributed by atoms with E-state index < -0.39 is 5.60 Å². The molecule has 1 aromatic carbocycles. The molecule has 1 aromatic heterocycles. The van der Waals surface area contributed by atoms with Gasteiger partial charge in [0.05, 0.1) is 12.2 Å². The van der Waals surface area contributed by atoms with E-state index in [4.69, 9.17) is 9.47 Å². The van der Waals surface area contributed by atoms with Crippen molar-refractivity contribution in [3.8, 4) is 6.01 Å². The molecule has 0 radical (unpaired) electrons. The Morgan fingerprint density at radius 1 is 1.14 bits per heavy atom. The molecule has 152 valence electrons. The van der Waals surface area contributed by atoms with Crippen LogP contribution in [0.3, 0.4) is 0 Å². The van der Waals surface area contributed by atoms with Crippen LogP contribution in [0, 0.1) is 0 Å². The Labute approximate surface area is 174 Å². The lowest BCUT2D eigenvalue weighted by Crippen LogP contribution is -2.23. The molecule has 8 heteroatoms. The molecule has 2 rings (SSSR count). The number of alkyl halides is 1. The average molecular weight is 451 g/mol. The van der Waals surface area contributed by atoms with Gasteiger partial charge >= 0.3 is 12.0 Å². The van der Waals surface area contributed by atoms with Gasteiger partial charge in [0.2, 0.25) is 5.95 Å². The van der Waals surface area contributed by atoms with Crippen LogP contribution in [0.15, 0.2) is 24.3 Å². The van der Waals surface area contributed by atoms with Crippen molar-refractivity contribution in [1.82, 2.24) is 15.0 Å². The molecule has 0 unspecified atom stereocenters. The van der Waals surface area contributed by atoms with Gasteiger partial charge in [-0.3, -0.25) is 0 Å². The lowest BCUT2D eigenvalue weighted by Gasteiger charge is -2.19. The van der Waals surface area contributed by atoms with Crippen LogP contribution in [-0.2, 0) is 11.2 Å². The molecule has 28 heavy (non-hydrogen) atoms. The van der Waals surface area contributed by atoms with E-state index in [1.54, 1.807) is 12.1 Å². The molecular weight excluding hydrogens is 424 g/mol. The first-order valence-corrected chi connectivity index (χ1v) is 10.4. The fourth-order valence-corrected chi connectivity index (χ4v) is 2.58. The predicted octanol–water partition coefficient (Wildman–Crippen LogP) is 4.01. The van der Waals surface area contributed by atoms with Gasteiger partial charge in [-0.1, -0.05) is 28.1 Å². The van der Waals surface area contributed by atoms with Crippen molar-refractivity contribution >= 4 is 27.8 Å². The number of rotatable bonds is 9. The van der Waals surface area contributed by atoms with Gasteiger partial charge in [0.25, 0.3) is 0 Å². The molecule has 0 saturated heterocycles. The third-order valence-electron chi connectivity index (χ3n) is 3.48. The number of aromatic nitrogens is 3. The molecule has 7 nitrogen and oxygen atoms in total. The van der Waals surface area contributed by atoms with Crippen molar-refractivity contribution in [3.05, 3.63) is 41.2 Å². The van der Waals surface area contributed by atoms with Crippen molar-refractivity contribution in [2.45, 2.75) is 46.1 Å². The number of halogens is 1. The van der Waals surface area contributed by atoms with Crippen molar-refractivity contribution in [1.29, 1.82) is 0 Å². The first-order valence-electron chi connectivity index (χ1n) is 9.30. The van der Waals surface area contributed by atoms with Gasteiger partial charge in [0, 0.05) is 18.3 Å². The minimum absolute atomic E-state index is 0.305. The Kier molecular flexibility index (Phi) is 8.17. The third-order valence-corrected chi connectivity index (χ3v) is 4.04. The van der Waals surface area contributed by atoms with Gasteiger partial charge in [0.1, 0.15) is 11.4 Å². The number of carbonyl (C=O) groups excluding carboxylic acids is 1. The van der Waals surface area contributed by atoms with Crippen molar-refractivity contribution in [2.75, 3.05) is 23.8 Å². The highest BCUT2D eigenvalue weighted by Crippen LogP contribution is 2.15. The van der Waals surface area contributed by atoms with Crippen molar-refractivity contribution in [2.24, 2.45) is 0 Å². The van der Waals surface area contributed by atoms with E-state index in [9.17, 15) is 4.79 Å². The lowest BCUT2D eigenvalue weighted by molar-refractivity contribution is 0.00695. The van der Waals surface area contributed by atoms with Crippen LogP contribution in [0.25, 0.3) is 0 Å². The Bertz CT molecular complexity index is 776.